The number of aryl methyl sites for hydroxylation is 1. The van der Waals surface area contributed by atoms with E-state index in [2.05, 4.69) is 24.0 Å². The number of hydrogen-bond donors (Lipinski definition) is 1. The minimum Gasteiger partial charge on any atom is -0.425 e. The van der Waals surface area contributed by atoms with E-state index in [4.69, 9.17) is 10.2 Å². The van der Waals surface area contributed by atoms with Crippen LogP contribution < -0.4 is 5.73 Å². The van der Waals surface area contributed by atoms with Gasteiger partial charge in [0.2, 0.25) is 11.8 Å². The highest BCUT2D eigenvalue weighted by atomic mass is 16.4. The van der Waals surface area contributed by atoms with Crippen LogP contribution in [0.15, 0.2) is 4.42 Å². The Morgan fingerprint density at radius 3 is 2.69 bits per heavy atom. The lowest BCUT2D eigenvalue weighted by molar-refractivity contribution is 0.391. The Balaban J connectivity index is 2.52. The van der Waals surface area contributed by atoms with Gasteiger partial charge in [0.25, 0.3) is 0 Å². The molecule has 0 aliphatic heterocycles. The van der Waals surface area contributed by atoms with Crippen molar-refractivity contribution in [1.82, 2.24) is 10.2 Å². The number of unbranched alkanes of at least 4 members (excludes halogenated alkanes) is 1. The van der Waals surface area contributed by atoms with Crippen LogP contribution in [0.1, 0.15) is 63.7 Å². The van der Waals surface area contributed by atoms with Crippen molar-refractivity contribution in [3.05, 3.63) is 11.8 Å². The highest BCUT2D eigenvalue weighted by Gasteiger charge is 2.16. The molecule has 92 valence electrons. The van der Waals surface area contributed by atoms with Gasteiger partial charge >= 0.3 is 0 Å². The molecule has 0 fully saturated rings. The van der Waals surface area contributed by atoms with Crippen molar-refractivity contribution in [2.75, 3.05) is 6.54 Å². The molecule has 4 nitrogen and oxygen atoms in total. The Morgan fingerprint density at radius 1 is 1.25 bits per heavy atom. The Bertz CT molecular complexity index is 286. The van der Waals surface area contributed by atoms with Crippen LogP contribution in [0.3, 0.4) is 0 Å². The fourth-order valence-electron chi connectivity index (χ4n) is 1.74. The molecular formula is C12H23N3O. The van der Waals surface area contributed by atoms with Crippen molar-refractivity contribution < 1.29 is 4.42 Å². The molecule has 0 saturated carbocycles. The summed E-state index contributed by atoms with van der Waals surface area (Å²) in [6.07, 6.45) is 6.36. The van der Waals surface area contributed by atoms with Gasteiger partial charge in [-0.15, -0.1) is 10.2 Å². The third-order valence-corrected chi connectivity index (χ3v) is 2.83. The second-order valence-corrected chi connectivity index (χ2v) is 4.17. The van der Waals surface area contributed by atoms with Crippen LogP contribution >= 0.6 is 0 Å². The van der Waals surface area contributed by atoms with Crippen molar-refractivity contribution in [1.29, 1.82) is 0 Å². The molecule has 1 aromatic heterocycles. The molecule has 1 aromatic rings. The second kappa shape index (κ2) is 7.39. The Labute approximate surface area is 97.6 Å². The maximum atomic E-state index is 5.66. The quantitative estimate of drug-likeness (QED) is 0.738. The molecule has 1 unspecified atom stereocenters. The van der Waals surface area contributed by atoms with Gasteiger partial charge in [0, 0.05) is 12.3 Å². The Hall–Kier alpha value is -0.900. The number of nitrogens with zero attached hydrogens (tertiary/aromatic N) is 2. The highest BCUT2D eigenvalue weighted by Crippen LogP contribution is 2.24. The molecule has 1 atom stereocenters. The van der Waals surface area contributed by atoms with Gasteiger partial charge in [-0.05, 0) is 25.8 Å². The number of aromatic nitrogens is 2. The minimum atomic E-state index is 0.430. The van der Waals surface area contributed by atoms with Crippen LogP contribution in [0.4, 0.5) is 0 Å². The molecule has 4 heteroatoms. The summed E-state index contributed by atoms with van der Waals surface area (Å²) in [6, 6.07) is 0. The van der Waals surface area contributed by atoms with E-state index in [-0.39, 0.29) is 0 Å². The first-order valence-corrected chi connectivity index (χ1v) is 6.34. The number of rotatable bonds is 8. The van der Waals surface area contributed by atoms with Crippen molar-refractivity contribution in [2.24, 2.45) is 5.73 Å². The topological polar surface area (TPSA) is 64.9 Å². The first kappa shape index (κ1) is 13.2. The summed E-state index contributed by atoms with van der Waals surface area (Å²) >= 11 is 0. The molecule has 0 aromatic carbocycles. The summed E-state index contributed by atoms with van der Waals surface area (Å²) in [5, 5.41) is 8.19. The van der Waals surface area contributed by atoms with Crippen LogP contribution in [0.2, 0.25) is 0 Å². The van der Waals surface area contributed by atoms with E-state index in [1.54, 1.807) is 0 Å². The molecule has 0 aliphatic carbocycles. The van der Waals surface area contributed by atoms with Crippen LogP contribution in [-0.4, -0.2) is 16.7 Å². The third-order valence-electron chi connectivity index (χ3n) is 2.83. The Morgan fingerprint density at radius 2 is 2.06 bits per heavy atom. The highest BCUT2D eigenvalue weighted by molar-refractivity contribution is 4.91. The zero-order chi connectivity index (χ0) is 11.8. The van der Waals surface area contributed by atoms with E-state index >= 15 is 0 Å². The lowest BCUT2D eigenvalue weighted by atomic mass is 10.00. The van der Waals surface area contributed by atoms with Crippen molar-refractivity contribution >= 4 is 0 Å². The molecule has 0 bridgehead atoms. The maximum Gasteiger partial charge on any atom is 0.219 e. The van der Waals surface area contributed by atoms with Gasteiger partial charge in [-0.3, -0.25) is 0 Å². The number of hydrogen-bond acceptors (Lipinski definition) is 4. The van der Waals surface area contributed by atoms with E-state index in [0.717, 1.165) is 37.5 Å². The standard InChI is InChI=1S/C12H23N3O/c1-3-5-7-10(4-2)12-15-14-11(16-12)8-6-9-13/h10H,3-9,13H2,1-2H3. The summed E-state index contributed by atoms with van der Waals surface area (Å²) in [5.41, 5.74) is 5.45. The lowest BCUT2D eigenvalue weighted by Gasteiger charge is -2.08. The predicted octanol–water partition coefficient (Wildman–Crippen LogP) is 2.64. The molecule has 0 amide bonds. The first-order chi connectivity index (χ1) is 7.81. The zero-order valence-electron chi connectivity index (χ0n) is 10.4. The van der Waals surface area contributed by atoms with E-state index < -0.39 is 0 Å². The third kappa shape index (κ3) is 3.93. The van der Waals surface area contributed by atoms with Gasteiger partial charge in [-0.25, -0.2) is 0 Å². The van der Waals surface area contributed by atoms with Crippen molar-refractivity contribution in [3.8, 4) is 0 Å². The van der Waals surface area contributed by atoms with Crippen LogP contribution in [-0.2, 0) is 6.42 Å². The van der Waals surface area contributed by atoms with E-state index in [1.807, 2.05) is 0 Å². The van der Waals surface area contributed by atoms with Crippen LogP contribution in [0.25, 0.3) is 0 Å². The largest absolute Gasteiger partial charge is 0.425 e. The normalized spacial score (nSPS) is 12.9. The van der Waals surface area contributed by atoms with Crippen LogP contribution in [0, 0.1) is 0 Å². The monoisotopic (exact) mass is 225 g/mol. The lowest BCUT2D eigenvalue weighted by Crippen LogP contribution is -2.00. The summed E-state index contributed by atoms with van der Waals surface area (Å²) in [7, 11) is 0. The molecule has 0 spiro atoms. The zero-order valence-corrected chi connectivity index (χ0v) is 10.4. The van der Waals surface area contributed by atoms with Gasteiger partial charge in [0.1, 0.15) is 0 Å². The second-order valence-electron chi connectivity index (χ2n) is 4.17. The SMILES string of the molecule is CCCCC(CC)c1nnc(CCCN)o1. The van der Waals surface area contributed by atoms with Crippen LogP contribution in [0.5, 0.6) is 0 Å². The first-order valence-electron chi connectivity index (χ1n) is 6.34. The molecule has 16 heavy (non-hydrogen) atoms. The molecule has 0 radical (unpaired) electrons. The van der Waals surface area contributed by atoms with Gasteiger partial charge in [-0.2, -0.15) is 0 Å². The average molecular weight is 225 g/mol. The van der Waals surface area contributed by atoms with E-state index in [1.165, 1.54) is 12.8 Å². The Kier molecular flexibility index (Phi) is 6.08. The fourth-order valence-corrected chi connectivity index (χ4v) is 1.74. The minimum absolute atomic E-state index is 0.430. The smallest absolute Gasteiger partial charge is 0.219 e. The maximum absolute atomic E-state index is 5.66. The van der Waals surface area contributed by atoms with E-state index in [0.29, 0.717) is 12.5 Å². The molecule has 2 N–H and O–H groups in total. The van der Waals surface area contributed by atoms with E-state index in [9.17, 15) is 0 Å². The average Bonchev–Trinajstić information content (AvgIpc) is 2.76. The van der Waals surface area contributed by atoms with Gasteiger partial charge in [0.15, 0.2) is 0 Å². The summed E-state index contributed by atoms with van der Waals surface area (Å²) in [5.74, 6) is 1.97. The molecular weight excluding hydrogens is 202 g/mol. The van der Waals surface area contributed by atoms with Crippen molar-refractivity contribution in [3.63, 3.8) is 0 Å². The van der Waals surface area contributed by atoms with Gasteiger partial charge < -0.3 is 10.2 Å². The van der Waals surface area contributed by atoms with Crippen molar-refractivity contribution in [2.45, 2.75) is 58.3 Å². The molecule has 1 heterocycles. The molecule has 0 aliphatic rings. The molecule has 1 rings (SSSR count). The number of nitrogens with two attached hydrogens (primary N) is 1. The summed E-state index contributed by atoms with van der Waals surface area (Å²) < 4.78 is 5.66. The fraction of sp³-hybridized carbons (Fsp3) is 0.833. The van der Waals surface area contributed by atoms with Gasteiger partial charge in [-0.1, -0.05) is 26.7 Å². The summed E-state index contributed by atoms with van der Waals surface area (Å²) in [4.78, 5) is 0. The van der Waals surface area contributed by atoms with Gasteiger partial charge in [0.05, 0.1) is 0 Å². The predicted molar refractivity (Wildman–Crippen MR) is 64.2 cm³/mol. The molecule has 0 saturated heterocycles. The summed E-state index contributed by atoms with van der Waals surface area (Å²) in [6.45, 7) is 5.04.